The number of carbonyl (C=O) groups is 4. The van der Waals surface area contributed by atoms with Gasteiger partial charge in [0.1, 0.15) is 11.3 Å². The average Bonchev–Trinajstić information content (AvgIpc) is 3.60. The van der Waals surface area contributed by atoms with Gasteiger partial charge in [0, 0.05) is 18.7 Å². The van der Waals surface area contributed by atoms with Crippen LogP contribution in [0.4, 0.5) is 0 Å². The minimum Gasteiger partial charge on any atom is -0.492 e. The van der Waals surface area contributed by atoms with Gasteiger partial charge in [-0.05, 0) is 158 Å². The number of hydrogen-bond acceptors (Lipinski definition) is 6. The summed E-state index contributed by atoms with van der Waals surface area (Å²) in [7, 11) is 0. The van der Waals surface area contributed by atoms with E-state index in [9.17, 15) is 29.4 Å². The molecular formula is C48H64N2O8. The predicted molar refractivity (Wildman–Crippen MR) is 221 cm³/mol. The number of aromatic carboxylic acids is 1. The van der Waals surface area contributed by atoms with Crippen LogP contribution < -0.4 is 15.4 Å². The van der Waals surface area contributed by atoms with Crippen LogP contribution in [0.3, 0.4) is 0 Å². The lowest BCUT2D eigenvalue weighted by Gasteiger charge is -2.69. The van der Waals surface area contributed by atoms with Gasteiger partial charge in [0.2, 0.25) is 5.91 Å². The molecule has 0 aliphatic heterocycles. The van der Waals surface area contributed by atoms with Crippen molar-refractivity contribution >= 4 is 23.8 Å². The third-order valence-corrected chi connectivity index (χ3v) is 16.6. The first-order valence-electron chi connectivity index (χ1n) is 21.6. The fraction of sp³-hybridized carbons (Fsp3) is 0.625. The Balaban J connectivity index is 1.02. The number of ether oxygens (including phenoxy) is 1. The molecule has 10 heteroatoms. The minimum atomic E-state index is -1.22. The first-order chi connectivity index (χ1) is 27.4. The van der Waals surface area contributed by atoms with Crippen molar-refractivity contribution in [3.8, 4) is 5.75 Å². The molecule has 10 atom stereocenters. The van der Waals surface area contributed by atoms with Crippen LogP contribution in [0.1, 0.15) is 137 Å². The van der Waals surface area contributed by atoms with Gasteiger partial charge in [-0.15, -0.1) is 0 Å². The summed E-state index contributed by atoms with van der Waals surface area (Å²) >= 11 is 0. The van der Waals surface area contributed by atoms with Crippen LogP contribution in [0.5, 0.6) is 5.75 Å². The SMILES string of the molecule is C=C(C)C1CCC2(C(=O)NCc3cccc(C(=O)NCc4ccc(OCCC(=O)O)c(C(=O)O)c4)c3)CCC3C(CCC4C3(C)CCC3C(C)(C)C(O)CCC34C)C12. The van der Waals surface area contributed by atoms with Crippen LogP contribution in [0.25, 0.3) is 0 Å². The van der Waals surface area contributed by atoms with E-state index in [0.717, 1.165) is 50.5 Å². The zero-order valence-electron chi connectivity index (χ0n) is 35.1. The maximum Gasteiger partial charge on any atom is 0.339 e. The van der Waals surface area contributed by atoms with E-state index >= 15 is 0 Å². The first kappa shape index (κ1) is 42.0. The molecule has 314 valence electrons. The molecule has 5 fully saturated rings. The van der Waals surface area contributed by atoms with Gasteiger partial charge in [0.05, 0.1) is 24.5 Å². The highest BCUT2D eigenvalue weighted by Crippen LogP contribution is 2.73. The average molecular weight is 797 g/mol. The molecule has 10 nitrogen and oxygen atoms in total. The summed E-state index contributed by atoms with van der Waals surface area (Å²) in [6, 6.07) is 11.7. The van der Waals surface area contributed by atoms with E-state index in [4.69, 9.17) is 9.84 Å². The number of aliphatic hydroxyl groups excluding tert-OH is 1. The van der Waals surface area contributed by atoms with E-state index in [2.05, 4.69) is 51.8 Å². The number of carboxylic acid groups (broad SMARTS) is 2. The van der Waals surface area contributed by atoms with Gasteiger partial charge in [-0.3, -0.25) is 14.4 Å². The summed E-state index contributed by atoms with van der Waals surface area (Å²) < 4.78 is 5.37. The van der Waals surface area contributed by atoms with Crippen LogP contribution in [-0.2, 0) is 22.7 Å². The molecule has 5 aliphatic carbocycles. The molecule has 0 radical (unpaired) electrons. The van der Waals surface area contributed by atoms with E-state index in [-0.39, 0.29) is 71.0 Å². The van der Waals surface area contributed by atoms with Gasteiger partial charge in [-0.2, -0.15) is 0 Å². The van der Waals surface area contributed by atoms with Crippen molar-refractivity contribution in [3.05, 3.63) is 76.9 Å². The number of carbonyl (C=O) groups excluding carboxylic acids is 2. The lowest BCUT2D eigenvalue weighted by atomic mass is 9.36. The van der Waals surface area contributed by atoms with Crippen molar-refractivity contribution in [1.29, 1.82) is 0 Å². The number of amides is 2. The van der Waals surface area contributed by atoms with Gasteiger partial charge in [-0.25, -0.2) is 4.79 Å². The molecule has 0 bridgehead atoms. The lowest BCUT2D eigenvalue weighted by Crippen LogP contribution is -2.64. The monoisotopic (exact) mass is 796 g/mol. The van der Waals surface area contributed by atoms with Crippen LogP contribution >= 0.6 is 0 Å². The molecule has 0 saturated heterocycles. The van der Waals surface area contributed by atoms with Crippen LogP contribution in [0, 0.1) is 57.2 Å². The van der Waals surface area contributed by atoms with E-state index in [0.29, 0.717) is 47.3 Å². The van der Waals surface area contributed by atoms with Gasteiger partial charge < -0.3 is 30.7 Å². The summed E-state index contributed by atoms with van der Waals surface area (Å²) in [5.41, 5.74) is 2.82. The standard InChI is InChI=1S/C48H64N2O8/c1-28(2)32-14-21-48(22-15-35-33(41(32)48)11-13-38-46(35,5)19-16-37-45(3,4)39(51)17-20-47(37,38)6)44(57)50-27-29-8-7-9-31(24-29)42(54)49-26-30-10-12-36(34(25-30)43(55)56)58-23-18-40(52)53/h7-10,12,24-25,32-33,35,37-39,41,51H,1,11,13-23,26-27H2,2-6H3,(H,49,54)(H,50,57)(H,52,53)(H,55,56). The molecule has 58 heavy (non-hydrogen) atoms. The second-order valence-corrected chi connectivity index (χ2v) is 19.8. The van der Waals surface area contributed by atoms with Crippen molar-refractivity contribution in [2.75, 3.05) is 6.61 Å². The molecule has 7 rings (SSSR count). The lowest BCUT2D eigenvalue weighted by molar-refractivity contribution is -0.216. The highest BCUT2D eigenvalue weighted by molar-refractivity contribution is 5.94. The number of carboxylic acids is 2. The Kier molecular flexibility index (Phi) is 11.4. The van der Waals surface area contributed by atoms with E-state index < -0.39 is 17.4 Å². The van der Waals surface area contributed by atoms with Gasteiger partial charge in [0.15, 0.2) is 0 Å². The zero-order valence-corrected chi connectivity index (χ0v) is 35.1. The van der Waals surface area contributed by atoms with Crippen molar-refractivity contribution < 1.29 is 39.2 Å². The summed E-state index contributed by atoms with van der Waals surface area (Å²) in [5.74, 6) is 0.394. The zero-order chi connectivity index (χ0) is 41.8. The van der Waals surface area contributed by atoms with E-state index in [1.54, 1.807) is 18.2 Å². The number of aliphatic carboxylic acids is 1. The summed E-state index contributed by atoms with van der Waals surface area (Å²) in [4.78, 5) is 50.7. The Morgan fingerprint density at radius 1 is 0.810 bits per heavy atom. The number of hydrogen-bond donors (Lipinski definition) is 5. The Morgan fingerprint density at radius 3 is 2.24 bits per heavy atom. The molecular weight excluding hydrogens is 733 g/mol. The Bertz CT molecular complexity index is 1960. The van der Waals surface area contributed by atoms with E-state index in [1.807, 2.05) is 12.1 Å². The topological polar surface area (TPSA) is 162 Å². The van der Waals surface area contributed by atoms with Gasteiger partial charge >= 0.3 is 11.9 Å². The van der Waals surface area contributed by atoms with Gasteiger partial charge in [0.25, 0.3) is 5.91 Å². The predicted octanol–water partition coefficient (Wildman–Crippen LogP) is 8.41. The third kappa shape index (κ3) is 7.26. The molecule has 0 aromatic heterocycles. The van der Waals surface area contributed by atoms with Crippen LogP contribution in [-0.4, -0.2) is 51.8 Å². The summed E-state index contributed by atoms with van der Waals surface area (Å²) in [6.45, 7) is 16.6. The van der Waals surface area contributed by atoms with Crippen molar-refractivity contribution in [1.82, 2.24) is 10.6 Å². The van der Waals surface area contributed by atoms with Crippen molar-refractivity contribution in [3.63, 3.8) is 0 Å². The smallest absolute Gasteiger partial charge is 0.339 e. The maximum absolute atomic E-state index is 14.7. The third-order valence-electron chi connectivity index (χ3n) is 16.6. The quantitative estimate of drug-likeness (QED) is 0.134. The Labute approximate surface area is 343 Å². The molecule has 0 heterocycles. The molecule has 5 N–H and O–H groups in total. The summed E-state index contributed by atoms with van der Waals surface area (Å²) in [6.07, 6.45) is 10.0. The molecule has 10 unspecified atom stereocenters. The van der Waals surface area contributed by atoms with Crippen LogP contribution in [0.2, 0.25) is 0 Å². The van der Waals surface area contributed by atoms with Crippen LogP contribution in [0.15, 0.2) is 54.6 Å². The first-order valence-corrected chi connectivity index (χ1v) is 21.6. The molecule has 2 amide bonds. The minimum absolute atomic E-state index is 0.0642. The fourth-order valence-corrected chi connectivity index (χ4v) is 13.9. The molecule has 2 aromatic rings. The number of rotatable bonds is 12. The molecule has 2 aromatic carbocycles. The largest absolute Gasteiger partial charge is 0.492 e. The fourth-order valence-electron chi connectivity index (χ4n) is 13.9. The molecule has 5 saturated carbocycles. The van der Waals surface area contributed by atoms with Gasteiger partial charge in [-0.1, -0.05) is 58.0 Å². The van der Waals surface area contributed by atoms with E-state index in [1.165, 1.54) is 37.0 Å². The number of fused-ring (bicyclic) bond motifs is 7. The number of nitrogens with one attached hydrogen (secondary N) is 2. The second kappa shape index (κ2) is 15.8. The number of aliphatic hydroxyl groups is 1. The normalized spacial score (nSPS) is 34.6. The Morgan fingerprint density at radius 2 is 1.52 bits per heavy atom. The molecule has 0 spiro atoms. The number of allylic oxidation sites excluding steroid dienone is 1. The number of benzene rings is 2. The molecule has 5 aliphatic rings. The van der Waals surface area contributed by atoms with Crippen molar-refractivity contribution in [2.24, 2.45) is 57.2 Å². The summed E-state index contributed by atoms with van der Waals surface area (Å²) in [5, 5.41) is 35.9. The highest BCUT2D eigenvalue weighted by atomic mass is 16.5. The maximum atomic E-state index is 14.7. The highest BCUT2D eigenvalue weighted by Gasteiger charge is 2.68. The second-order valence-electron chi connectivity index (χ2n) is 19.8. The Hall–Kier alpha value is -4.18. The van der Waals surface area contributed by atoms with Crippen molar-refractivity contribution in [2.45, 2.75) is 124 Å².